The normalized spacial score (nSPS) is 10.0. The Morgan fingerprint density at radius 3 is 1.78 bits per heavy atom. The molecule has 3 aromatic carbocycles. The van der Waals surface area contributed by atoms with Crippen molar-refractivity contribution < 1.29 is 28.2 Å². The average Bonchev–Trinajstić information content (AvgIpc) is 2.99. The molecule has 0 unspecified atom stereocenters. The molecule has 27 heavy (non-hydrogen) atoms. The van der Waals surface area contributed by atoms with Gasteiger partial charge in [0, 0.05) is 16.1 Å². The molecule has 0 spiro atoms. The Kier molecular flexibility index (Phi) is 16.9. The Balaban J connectivity index is 0. The van der Waals surface area contributed by atoms with Crippen molar-refractivity contribution in [2.24, 2.45) is 0 Å². The minimum atomic E-state index is -1.20. The van der Waals surface area contributed by atoms with Crippen LogP contribution in [0.15, 0.2) is 54.6 Å². The van der Waals surface area contributed by atoms with Gasteiger partial charge in [0.15, 0.2) is 8.32 Å². The first kappa shape index (κ1) is 29.0. The van der Waals surface area contributed by atoms with Gasteiger partial charge < -0.3 is 4.43 Å². The van der Waals surface area contributed by atoms with Crippen molar-refractivity contribution in [3.05, 3.63) is 54.6 Å². The van der Waals surface area contributed by atoms with Crippen LogP contribution in [0.3, 0.4) is 0 Å². The number of rotatable bonds is 5. The van der Waals surface area contributed by atoms with Crippen molar-refractivity contribution >= 4 is 64.2 Å². The first-order valence-corrected chi connectivity index (χ1v) is 14.3. The molecule has 3 rings (SSSR count). The third-order valence-electron chi connectivity index (χ3n) is 3.63. The fraction of sp³-hybridized carbons (Fsp3) is 0.350. The van der Waals surface area contributed by atoms with Crippen LogP contribution < -0.4 is 0 Å². The zero-order valence-electron chi connectivity index (χ0n) is 16.5. The van der Waals surface area contributed by atoms with Gasteiger partial charge in [0.2, 0.25) is 0 Å². The Morgan fingerprint density at radius 2 is 1.37 bits per heavy atom. The fourth-order valence-corrected chi connectivity index (χ4v) is 3.79. The van der Waals surface area contributed by atoms with Crippen LogP contribution in [0.1, 0.15) is 6.42 Å². The van der Waals surface area contributed by atoms with E-state index in [0.717, 1.165) is 36.5 Å². The molecule has 0 saturated carbocycles. The van der Waals surface area contributed by atoms with Crippen molar-refractivity contribution in [3.63, 3.8) is 0 Å². The largest absolute Gasteiger partial charge is 0.126 e. The Bertz CT molecular complexity index is 710. The molecule has 0 aromatic heterocycles. The Labute approximate surface area is 191 Å². The second-order valence-corrected chi connectivity index (χ2v) is 12.5. The van der Waals surface area contributed by atoms with E-state index >= 15 is 0 Å². The summed E-state index contributed by atoms with van der Waals surface area (Å²) in [4.78, 5) is 0. The van der Waals surface area contributed by atoms with Crippen molar-refractivity contribution in [2.45, 2.75) is 38.7 Å². The van der Waals surface area contributed by atoms with Crippen LogP contribution >= 0.6 is 24.8 Å². The molecule has 0 aliphatic rings. The molecule has 0 fully saturated rings. The summed E-state index contributed by atoms with van der Waals surface area (Å²) in [7, 11) is -0.118. The topological polar surface area (TPSA) is 26.3 Å². The van der Waals surface area contributed by atoms with E-state index in [-0.39, 0.29) is 24.8 Å². The molecule has 0 atom stereocenters. The number of hydrogen-bond acceptors (Lipinski definition) is 2. The summed E-state index contributed by atoms with van der Waals surface area (Å²) in [6.45, 7) is 9.94. The van der Waals surface area contributed by atoms with Gasteiger partial charge >= 0.3 is 23.7 Å². The molecule has 0 N–H and O–H groups in total. The summed E-state index contributed by atoms with van der Waals surface area (Å²) < 4.78 is 13.9. The molecule has 147 valence electrons. The summed E-state index contributed by atoms with van der Waals surface area (Å²) in [5.41, 5.74) is 0. The van der Waals surface area contributed by atoms with E-state index in [9.17, 15) is 0 Å². The minimum Gasteiger partial charge on any atom is -0.126 e. The van der Waals surface area contributed by atoms with Gasteiger partial charge in [-0.3, -0.25) is 0 Å². The SMILES string of the molecule is C[Si]CCCO[Si](C)(C)C.Cl.Cl.[O]=[Ti+].c1ccc2c(c1)[cH-]c1ccccc12. The summed E-state index contributed by atoms with van der Waals surface area (Å²) in [5, 5.41) is 5.39. The van der Waals surface area contributed by atoms with Crippen LogP contribution in [0.2, 0.25) is 32.2 Å². The molecule has 2 nitrogen and oxygen atoms in total. The van der Waals surface area contributed by atoms with Gasteiger partial charge in [0.05, 0.1) is 0 Å². The van der Waals surface area contributed by atoms with E-state index in [1.807, 2.05) is 0 Å². The van der Waals surface area contributed by atoms with Crippen molar-refractivity contribution in [1.82, 2.24) is 0 Å². The molecule has 3 aromatic rings. The van der Waals surface area contributed by atoms with Crippen molar-refractivity contribution in [3.8, 4) is 0 Å². The third kappa shape index (κ3) is 10.8. The van der Waals surface area contributed by atoms with Crippen LogP contribution in [0.25, 0.3) is 21.5 Å². The number of hydrogen-bond donors (Lipinski definition) is 0. The maximum atomic E-state index is 8.25. The monoisotopic (exact) mass is 475 g/mol. The molecule has 2 radical (unpaired) electrons. The van der Waals surface area contributed by atoms with E-state index in [2.05, 4.69) is 80.8 Å². The molecule has 0 aliphatic heterocycles. The quantitative estimate of drug-likeness (QED) is 0.229. The maximum absolute atomic E-state index is 8.25. The van der Waals surface area contributed by atoms with Gasteiger partial charge in [0.25, 0.3) is 0 Å². The van der Waals surface area contributed by atoms with E-state index < -0.39 is 8.32 Å². The molecule has 0 amide bonds. The second-order valence-electron chi connectivity index (χ2n) is 6.74. The van der Waals surface area contributed by atoms with Crippen LogP contribution in [0.5, 0.6) is 0 Å². The molecule has 0 aliphatic carbocycles. The first-order valence-electron chi connectivity index (χ1n) is 8.53. The van der Waals surface area contributed by atoms with E-state index in [4.69, 9.17) is 7.75 Å². The molecular weight excluding hydrogens is 447 g/mol. The van der Waals surface area contributed by atoms with Crippen LogP contribution in [-0.4, -0.2) is 24.4 Å². The average molecular weight is 476 g/mol. The van der Waals surface area contributed by atoms with Gasteiger partial charge in [-0.1, -0.05) is 49.0 Å². The smallest absolute Gasteiger partial charge is 0.0771 e. The molecular formula is C20H29Cl2O2Si2Ti. The summed E-state index contributed by atoms with van der Waals surface area (Å²) in [6, 6.07) is 20.6. The van der Waals surface area contributed by atoms with E-state index in [0.29, 0.717) is 0 Å². The molecule has 0 saturated heterocycles. The zero-order chi connectivity index (χ0) is 18.7. The Morgan fingerprint density at radius 1 is 0.926 bits per heavy atom. The van der Waals surface area contributed by atoms with Gasteiger partial charge in [-0.15, -0.1) is 64.6 Å². The van der Waals surface area contributed by atoms with E-state index in [1.165, 1.54) is 34.0 Å². The predicted molar refractivity (Wildman–Crippen MR) is 123 cm³/mol. The molecule has 0 heterocycles. The van der Waals surface area contributed by atoms with E-state index in [1.54, 1.807) is 0 Å². The number of benzene rings is 2. The number of halogens is 2. The first-order chi connectivity index (χ1) is 12.0. The van der Waals surface area contributed by atoms with Gasteiger partial charge in [-0.25, -0.2) is 0 Å². The van der Waals surface area contributed by atoms with Crippen LogP contribution in [-0.2, 0) is 28.2 Å². The maximum Gasteiger partial charge on any atom is -0.0771 e. The van der Waals surface area contributed by atoms with Gasteiger partial charge in [-0.2, -0.15) is 0 Å². The number of fused-ring (bicyclic) bond motifs is 3. The standard InChI is InChI=1S/C13H9.C7H18OSi2.2ClH.O.Ti/c1-3-7-12-10(5-1)9-11-6-2-4-8-13(11)12;1-9-7-5-6-8-10(2,3)4;;;;/h1-9H;5-7H2,1-4H3;2*1H;;/q-1;;;;;+1. The summed E-state index contributed by atoms with van der Waals surface area (Å²) in [6.07, 6.45) is 1.25. The van der Waals surface area contributed by atoms with Gasteiger partial charge in [-0.05, 0) is 26.1 Å². The minimum absolute atomic E-state index is 0. The molecule has 0 bridgehead atoms. The van der Waals surface area contributed by atoms with Crippen LogP contribution in [0, 0.1) is 0 Å². The van der Waals surface area contributed by atoms with Gasteiger partial charge in [0.1, 0.15) is 0 Å². The summed E-state index contributed by atoms with van der Waals surface area (Å²) >= 11 is 0.750. The van der Waals surface area contributed by atoms with Crippen molar-refractivity contribution in [2.75, 3.05) is 6.61 Å². The Hall–Kier alpha value is -0.202. The van der Waals surface area contributed by atoms with Crippen molar-refractivity contribution in [1.29, 1.82) is 0 Å². The third-order valence-corrected chi connectivity index (χ3v) is 5.55. The predicted octanol–water partition coefficient (Wildman–Crippen LogP) is 6.83. The fourth-order valence-electron chi connectivity index (χ4n) is 2.53. The zero-order valence-corrected chi connectivity index (χ0v) is 21.6. The summed E-state index contributed by atoms with van der Waals surface area (Å²) in [5.74, 6) is 0. The molecule has 7 heteroatoms. The second kappa shape index (κ2) is 15.7. The van der Waals surface area contributed by atoms with Crippen LogP contribution in [0.4, 0.5) is 0 Å².